The smallest absolute Gasteiger partial charge is 0.0540 e. The Balaban J connectivity index is 1.09. The summed E-state index contributed by atoms with van der Waals surface area (Å²) in [6.45, 7) is 0. The Morgan fingerprint density at radius 3 is 1.38 bits per heavy atom. The van der Waals surface area contributed by atoms with Gasteiger partial charge in [-0.2, -0.15) is 0 Å². The molecule has 1 nitrogen and oxygen atoms in total. The van der Waals surface area contributed by atoms with Crippen LogP contribution < -0.4 is 4.90 Å². The molecule has 10 aromatic carbocycles. The highest BCUT2D eigenvalue weighted by atomic mass is 15.1. The van der Waals surface area contributed by atoms with E-state index in [2.05, 4.69) is 229 Å². The molecule has 0 atom stereocenters. The van der Waals surface area contributed by atoms with E-state index in [1.165, 1.54) is 76.8 Å². The lowest BCUT2D eigenvalue weighted by atomic mass is 9.93. The Hall–Kier alpha value is -7.22. The van der Waals surface area contributed by atoms with Gasteiger partial charge in [-0.05, 0) is 108 Å². The van der Waals surface area contributed by atoms with Crippen molar-refractivity contribution in [1.29, 1.82) is 0 Å². The topological polar surface area (TPSA) is 3.24 Å². The maximum Gasteiger partial charge on any atom is 0.0540 e. The van der Waals surface area contributed by atoms with Gasteiger partial charge in [0.2, 0.25) is 0 Å². The average Bonchev–Trinajstić information content (AvgIpc) is 3.27. The zero-order chi connectivity index (χ0) is 36.6. The van der Waals surface area contributed by atoms with Crippen LogP contribution in [-0.4, -0.2) is 0 Å². The SMILES string of the molecule is c1ccc(-c2ccc(-c3ccc(N(c4ccc(-c5cc6ccccc6c6ccccc56)cc4)c4ccccc4-c4cccc5ccccc45)cc3)cc2)cc1. The average molecular weight is 700 g/mol. The van der Waals surface area contributed by atoms with Crippen molar-refractivity contribution in [2.45, 2.75) is 0 Å². The van der Waals surface area contributed by atoms with Crippen molar-refractivity contribution in [3.8, 4) is 44.5 Å². The Labute approximate surface area is 322 Å². The van der Waals surface area contributed by atoms with Crippen LogP contribution in [0.5, 0.6) is 0 Å². The van der Waals surface area contributed by atoms with Crippen LogP contribution in [0.2, 0.25) is 0 Å². The molecule has 0 saturated heterocycles. The molecule has 0 aliphatic carbocycles. The largest absolute Gasteiger partial charge is 0.310 e. The van der Waals surface area contributed by atoms with E-state index in [4.69, 9.17) is 0 Å². The van der Waals surface area contributed by atoms with Crippen LogP contribution in [0.4, 0.5) is 17.1 Å². The molecule has 0 bridgehead atoms. The Kier molecular flexibility index (Phi) is 8.24. The van der Waals surface area contributed by atoms with E-state index in [9.17, 15) is 0 Å². The fourth-order valence-corrected chi connectivity index (χ4v) is 8.16. The van der Waals surface area contributed by atoms with Crippen LogP contribution in [0.3, 0.4) is 0 Å². The Bertz CT molecular complexity index is 2940. The molecule has 1 heteroatoms. The summed E-state index contributed by atoms with van der Waals surface area (Å²) in [5.41, 5.74) is 13.0. The van der Waals surface area contributed by atoms with Crippen LogP contribution in [0.25, 0.3) is 76.8 Å². The molecule has 0 heterocycles. The lowest BCUT2D eigenvalue weighted by molar-refractivity contribution is 1.28. The van der Waals surface area contributed by atoms with Gasteiger partial charge in [0.1, 0.15) is 0 Å². The first kappa shape index (κ1) is 32.4. The molecular formula is C54H37N. The first-order valence-electron chi connectivity index (χ1n) is 18.9. The normalized spacial score (nSPS) is 11.3. The van der Waals surface area contributed by atoms with Gasteiger partial charge >= 0.3 is 0 Å². The molecule has 0 fully saturated rings. The molecule has 10 rings (SSSR count). The van der Waals surface area contributed by atoms with Gasteiger partial charge < -0.3 is 4.90 Å². The van der Waals surface area contributed by atoms with E-state index in [1.807, 2.05) is 0 Å². The zero-order valence-electron chi connectivity index (χ0n) is 30.3. The third-order valence-corrected chi connectivity index (χ3v) is 10.9. The van der Waals surface area contributed by atoms with Crippen LogP contribution in [0.15, 0.2) is 224 Å². The third-order valence-electron chi connectivity index (χ3n) is 10.9. The highest BCUT2D eigenvalue weighted by molar-refractivity contribution is 6.14. The van der Waals surface area contributed by atoms with E-state index in [0.29, 0.717) is 0 Å². The van der Waals surface area contributed by atoms with E-state index in [0.717, 1.165) is 17.1 Å². The van der Waals surface area contributed by atoms with Gasteiger partial charge in [0, 0.05) is 16.9 Å². The molecule has 258 valence electrons. The lowest BCUT2D eigenvalue weighted by Gasteiger charge is -2.28. The van der Waals surface area contributed by atoms with Crippen LogP contribution in [-0.2, 0) is 0 Å². The van der Waals surface area contributed by atoms with Crippen molar-refractivity contribution in [2.75, 3.05) is 4.90 Å². The summed E-state index contributed by atoms with van der Waals surface area (Å²) in [6, 6.07) is 81.4. The van der Waals surface area contributed by atoms with E-state index in [-0.39, 0.29) is 0 Å². The second-order valence-corrected chi connectivity index (χ2v) is 14.1. The quantitative estimate of drug-likeness (QED) is 0.150. The summed E-state index contributed by atoms with van der Waals surface area (Å²) in [7, 11) is 0. The number of benzene rings is 10. The highest BCUT2D eigenvalue weighted by Gasteiger charge is 2.19. The first-order valence-corrected chi connectivity index (χ1v) is 18.9. The highest BCUT2D eigenvalue weighted by Crippen LogP contribution is 2.44. The summed E-state index contributed by atoms with van der Waals surface area (Å²) >= 11 is 0. The molecule has 0 radical (unpaired) electrons. The monoisotopic (exact) mass is 699 g/mol. The fraction of sp³-hybridized carbons (Fsp3) is 0. The molecule has 0 unspecified atom stereocenters. The minimum Gasteiger partial charge on any atom is -0.310 e. The standard InChI is InChI=1S/C54H37N/c1-2-13-38(14-3-1)39-25-27-40(28-26-39)41-29-33-45(34-30-41)55(54-24-11-10-22-52(54)50-23-12-17-42-15-4-6-18-47(42)50)46-35-31-43(32-36-46)53-37-44-16-5-7-19-48(44)49-20-8-9-21-51(49)53/h1-37H. The summed E-state index contributed by atoms with van der Waals surface area (Å²) in [6.07, 6.45) is 0. The van der Waals surface area contributed by atoms with E-state index < -0.39 is 0 Å². The van der Waals surface area contributed by atoms with Gasteiger partial charge in [-0.3, -0.25) is 0 Å². The first-order chi connectivity index (χ1) is 27.3. The molecule has 0 spiro atoms. The van der Waals surface area contributed by atoms with Gasteiger partial charge in [-0.25, -0.2) is 0 Å². The van der Waals surface area contributed by atoms with Gasteiger partial charge in [-0.1, -0.05) is 188 Å². The number of hydrogen-bond donors (Lipinski definition) is 0. The van der Waals surface area contributed by atoms with Crippen molar-refractivity contribution in [3.05, 3.63) is 224 Å². The Morgan fingerprint density at radius 2 is 0.691 bits per heavy atom. The number of rotatable bonds is 7. The summed E-state index contributed by atoms with van der Waals surface area (Å²) in [5.74, 6) is 0. The minimum atomic E-state index is 1.10. The lowest BCUT2D eigenvalue weighted by Crippen LogP contribution is -2.11. The van der Waals surface area contributed by atoms with Crippen molar-refractivity contribution in [3.63, 3.8) is 0 Å². The second kappa shape index (κ2) is 14.0. The number of hydrogen-bond acceptors (Lipinski definition) is 1. The number of fused-ring (bicyclic) bond motifs is 4. The van der Waals surface area contributed by atoms with Crippen molar-refractivity contribution in [2.24, 2.45) is 0 Å². The zero-order valence-corrected chi connectivity index (χ0v) is 30.3. The van der Waals surface area contributed by atoms with Crippen LogP contribution in [0.1, 0.15) is 0 Å². The summed E-state index contributed by atoms with van der Waals surface area (Å²) < 4.78 is 0. The van der Waals surface area contributed by atoms with Gasteiger partial charge in [0.25, 0.3) is 0 Å². The number of para-hydroxylation sites is 1. The van der Waals surface area contributed by atoms with E-state index in [1.54, 1.807) is 0 Å². The van der Waals surface area contributed by atoms with Crippen molar-refractivity contribution in [1.82, 2.24) is 0 Å². The van der Waals surface area contributed by atoms with Gasteiger partial charge in [0.05, 0.1) is 5.69 Å². The third kappa shape index (κ3) is 6.02. The minimum absolute atomic E-state index is 1.10. The molecular weight excluding hydrogens is 663 g/mol. The predicted octanol–water partition coefficient (Wildman–Crippen LogP) is 15.3. The molecule has 0 saturated carbocycles. The van der Waals surface area contributed by atoms with Gasteiger partial charge in [0.15, 0.2) is 0 Å². The molecule has 0 aliphatic rings. The molecule has 0 aromatic heterocycles. The number of nitrogens with zero attached hydrogens (tertiary/aromatic N) is 1. The van der Waals surface area contributed by atoms with Crippen LogP contribution >= 0.6 is 0 Å². The van der Waals surface area contributed by atoms with Crippen LogP contribution in [0, 0.1) is 0 Å². The van der Waals surface area contributed by atoms with Crippen molar-refractivity contribution < 1.29 is 0 Å². The summed E-state index contributed by atoms with van der Waals surface area (Å²) in [4.78, 5) is 2.40. The Morgan fingerprint density at radius 1 is 0.236 bits per heavy atom. The maximum absolute atomic E-state index is 2.40. The van der Waals surface area contributed by atoms with Crippen molar-refractivity contribution >= 4 is 49.4 Å². The predicted molar refractivity (Wildman–Crippen MR) is 235 cm³/mol. The molecule has 0 aliphatic heterocycles. The number of anilines is 3. The summed E-state index contributed by atoms with van der Waals surface area (Å²) in [5, 5.41) is 7.55. The molecule has 0 amide bonds. The van der Waals surface area contributed by atoms with E-state index >= 15 is 0 Å². The molecule has 55 heavy (non-hydrogen) atoms. The molecule has 0 N–H and O–H groups in total. The van der Waals surface area contributed by atoms with Gasteiger partial charge in [-0.15, -0.1) is 0 Å². The second-order valence-electron chi connectivity index (χ2n) is 14.1. The molecule has 10 aromatic rings. The fourth-order valence-electron chi connectivity index (χ4n) is 8.16. The maximum atomic E-state index is 2.40.